The first-order valence-electron chi connectivity index (χ1n) is 12.3. The lowest BCUT2D eigenvalue weighted by atomic mass is 10.1. The Bertz CT molecular complexity index is 1320. The number of para-hydroxylation sites is 2. The third-order valence-corrected chi connectivity index (χ3v) is 6.57. The van der Waals surface area contributed by atoms with Crippen LogP contribution >= 0.6 is 11.6 Å². The lowest BCUT2D eigenvalue weighted by Gasteiger charge is -2.12. The Balaban J connectivity index is 1.27. The van der Waals surface area contributed by atoms with E-state index < -0.39 is 0 Å². The highest BCUT2D eigenvalue weighted by Crippen LogP contribution is 2.22. The highest BCUT2D eigenvalue weighted by atomic mass is 35.5. The number of nitrogens with zero attached hydrogens (tertiary/aromatic N) is 2. The molecule has 0 aliphatic rings. The molecule has 3 aromatic carbocycles. The highest BCUT2D eigenvalue weighted by molar-refractivity contribution is 6.31. The largest absolute Gasteiger partial charge is 0.497 e. The Kier molecular flexibility index (Phi) is 8.85. The quantitative estimate of drug-likeness (QED) is 0.232. The summed E-state index contributed by atoms with van der Waals surface area (Å²) in [6.07, 6.45) is 3.78. The molecule has 0 saturated heterocycles. The first-order chi connectivity index (χ1) is 17.5. The maximum absolute atomic E-state index is 12.4. The molecule has 0 atom stereocenters. The maximum atomic E-state index is 12.4. The van der Waals surface area contributed by atoms with Crippen LogP contribution in [0.3, 0.4) is 0 Å². The molecule has 0 spiro atoms. The average molecular weight is 506 g/mol. The molecule has 0 aliphatic carbocycles. The minimum atomic E-state index is -0.0772. The normalized spacial score (nSPS) is 11.0. The van der Waals surface area contributed by atoms with Crippen molar-refractivity contribution in [2.45, 2.75) is 39.2 Å². The molecule has 4 aromatic rings. The molecule has 188 valence electrons. The summed E-state index contributed by atoms with van der Waals surface area (Å²) in [7, 11) is 1.60. The van der Waals surface area contributed by atoms with Gasteiger partial charge in [-0.3, -0.25) is 4.79 Å². The Morgan fingerprint density at radius 3 is 2.69 bits per heavy atom. The first-order valence-corrected chi connectivity index (χ1v) is 12.7. The van der Waals surface area contributed by atoms with E-state index in [0.29, 0.717) is 31.0 Å². The summed E-state index contributed by atoms with van der Waals surface area (Å²) in [6, 6.07) is 21.1. The Morgan fingerprint density at radius 2 is 1.86 bits per heavy atom. The molecule has 0 saturated carbocycles. The number of aromatic nitrogens is 2. The number of fused-ring (bicyclic) bond motifs is 1. The van der Waals surface area contributed by atoms with Crippen molar-refractivity contribution in [3.8, 4) is 11.5 Å². The monoisotopic (exact) mass is 505 g/mol. The number of benzene rings is 3. The fraction of sp³-hybridized carbons (Fsp3) is 0.310. The number of ether oxygens (including phenoxy) is 2. The molecule has 1 heterocycles. The van der Waals surface area contributed by atoms with Gasteiger partial charge < -0.3 is 19.4 Å². The number of hydrogen-bond donors (Lipinski definition) is 1. The van der Waals surface area contributed by atoms with Crippen molar-refractivity contribution in [1.82, 2.24) is 14.9 Å². The molecule has 1 N–H and O–H groups in total. The number of imidazole rings is 1. The highest BCUT2D eigenvalue weighted by Gasteiger charge is 2.11. The number of carbonyl (C=O) groups excluding carboxylic acids is 1. The van der Waals surface area contributed by atoms with E-state index in [1.54, 1.807) is 19.2 Å². The van der Waals surface area contributed by atoms with Gasteiger partial charge in [0.1, 0.15) is 23.9 Å². The van der Waals surface area contributed by atoms with Crippen molar-refractivity contribution < 1.29 is 14.3 Å². The number of rotatable bonds is 12. The number of halogens is 1. The SMILES string of the molecule is COc1cccc(C(=O)NCCCCCc2nc3ccccc3n2CCOc2ccc(Cl)c(C)c2)c1. The summed E-state index contributed by atoms with van der Waals surface area (Å²) in [5, 5.41) is 3.73. The third kappa shape index (κ3) is 6.58. The number of carbonyl (C=O) groups is 1. The topological polar surface area (TPSA) is 65.4 Å². The van der Waals surface area contributed by atoms with E-state index in [2.05, 4.69) is 16.0 Å². The van der Waals surface area contributed by atoms with Gasteiger partial charge in [-0.15, -0.1) is 0 Å². The molecule has 0 radical (unpaired) electrons. The number of aryl methyl sites for hydroxylation is 2. The second-order valence-corrected chi connectivity index (χ2v) is 9.13. The van der Waals surface area contributed by atoms with Crippen LogP contribution in [-0.4, -0.2) is 35.7 Å². The van der Waals surface area contributed by atoms with Gasteiger partial charge in [0.15, 0.2) is 0 Å². The van der Waals surface area contributed by atoms with Gasteiger partial charge in [-0.25, -0.2) is 4.98 Å². The van der Waals surface area contributed by atoms with Crippen molar-refractivity contribution in [3.05, 3.63) is 88.7 Å². The lowest BCUT2D eigenvalue weighted by molar-refractivity contribution is 0.0952. The van der Waals surface area contributed by atoms with Crippen molar-refractivity contribution >= 4 is 28.5 Å². The second-order valence-electron chi connectivity index (χ2n) is 8.73. The van der Waals surface area contributed by atoms with E-state index in [1.165, 1.54) is 0 Å². The molecule has 4 rings (SSSR count). The lowest BCUT2D eigenvalue weighted by Crippen LogP contribution is -2.24. The Labute approximate surface area is 217 Å². The van der Waals surface area contributed by atoms with Crippen molar-refractivity contribution in [1.29, 1.82) is 0 Å². The molecule has 6 nitrogen and oxygen atoms in total. The first kappa shape index (κ1) is 25.6. The van der Waals surface area contributed by atoms with Crippen molar-refractivity contribution in [3.63, 3.8) is 0 Å². The number of unbranched alkanes of at least 4 members (excludes halogenated alkanes) is 2. The van der Waals surface area contributed by atoms with Gasteiger partial charge in [0.25, 0.3) is 5.91 Å². The molecular formula is C29H32ClN3O3. The molecule has 36 heavy (non-hydrogen) atoms. The second kappa shape index (κ2) is 12.5. The number of amides is 1. The van der Waals surface area contributed by atoms with Gasteiger partial charge >= 0.3 is 0 Å². The molecule has 0 bridgehead atoms. The standard InChI is InChI=1S/C29H32ClN3O3/c1-21-19-24(14-15-25(21)30)36-18-17-33-27-12-6-5-11-26(27)32-28(33)13-4-3-7-16-31-29(34)22-9-8-10-23(20-22)35-2/h5-6,8-12,14-15,19-20H,3-4,7,13,16-18H2,1-2H3,(H,31,34). The van der Waals surface area contributed by atoms with E-state index >= 15 is 0 Å². The Hall–Kier alpha value is -3.51. The summed E-state index contributed by atoms with van der Waals surface area (Å²) in [4.78, 5) is 17.2. The number of hydrogen-bond acceptors (Lipinski definition) is 4. The molecule has 1 amide bonds. The zero-order valence-electron chi connectivity index (χ0n) is 20.8. The molecular weight excluding hydrogens is 474 g/mol. The van der Waals surface area contributed by atoms with Crippen molar-refractivity contribution in [2.75, 3.05) is 20.3 Å². The minimum Gasteiger partial charge on any atom is -0.497 e. The van der Waals surface area contributed by atoms with E-state index in [-0.39, 0.29) is 5.91 Å². The van der Waals surface area contributed by atoms with Gasteiger partial charge in [-0.1, -0.05) is 36.2 Å². The fourth-order valence-corrected chi connectivity index (χ4v) is 4.30. The maximum Gasteiger partial charge on any atom is 0.251 e. The summed E-state index contributed by atoms with van der Waals surface area (Å²) < 4.78 is 13.4. The van der Waals surface area contributed by atoms with Gasteiger partial charge in [-0.05, 0) is 73.9 Å². The number of methoxy groups -OCH3 is 1. The smallest absolute Gasteiger partial charge is 0.251 e. The van der Waals surface area contributed by atoms with Crippen molar-refractivity contribution in [2.24, 2.45) is 0 Å². The number of nitrogens with one attached hydrogen (secondary N) is 1. The summed E-state index contributed by atoms with van der Waals surface area (Å²) in [5.74, 6) is 2.48. The van der Waals surface area contributed by atoms with E-state index in [1.807, 2.05) is 55.5 Å². The summed E-state index contributed by atoms with van der Waals surface area (Å²) in [6.45, 7) is 3.88. The molecule has 0 fully saturated rings. The van der Waals surface area contributed by atoms with Crippen LogP contribution in [0.2, 0.25) is 5.02 Å². The molecule has 0 unspecified atom stereocenters. The van der Waals surface area contributed by atoms with E-state index in [9.17, 15) is 4.79 Å². The van der Waals surface area contributed by atoms with Crippen LogP contribution < -0.4 is 14.8 Å². The van der Waals surface area contributed by atoms with Crippen LogP contribution in [0, 0.1) is 6.92 Å². The summed E-state index contributed by atoms with van der Waals surface area (Å²) in [5.41, 5.74) is 3.73. The van der Waals surface area contributed by atoms with Gasteiger partial charge in [-0.2, -0.15) is 0 Å². The minimum absolute atomic E-state index is 0.0772. The predicted molar refractivity (Wildman–Crippen MR) is 144 cm³/mol. The van der Waals surface area contributed by atoms with E-state index in [0.717, 1.165) is 58.9 Å². The zero-order chi connectivity index (χ0) is 25.3. The van der Waals surface area contributed by atoms with Crippen LogP contribution in [0.25, 0.3) is 11.0 Å². The van der Waals surface area contributed by atoms with Gasteiger partial charge in [0.05, 0.1) is 24.7 Å². The van der Waals surface area contributed by atoms with Crippen LogP contribution in [0.15, 0.2) is 66.7 Å². The molecule has 7 heteroatoms. The molecule has 1 aromatic heterocycles. The van der Waals surface area contributed by atoms with Crippen LogP contribution in [0.1, 0.15) is 41.0 Å². The van der Waals surface area contributed by atoms with Crippen LogP contribution in [0.4, 0.5) is 0 Å². The van der Waals surface area contributed by atoms with Crippen LogP contribution in [-0.2, 0) is 13.0 Å². The third-order valence-electron chi connectivity index (χ3n) is 6.14. The Morgan fingerprint density at radius 1 is 1.00 bits per heavy atom. The zero-order valence-corrected chi connectivity index (χ0v) is 21.6. The molecule has 0 aliphatic heterocycles. The predicted octanol–water partition coefficient (Wildman–Crippen LogP) is 6.23. The van der Waals surface area contributed by atoms with E-state index in [4.69, 9.17) is 26.1 Å². The van der Waals surface area contributed by atoms with Gasteiger partial charge in [0, 0.05) is 23.6 Å². The van der Waals surface area contributed by atoms with Crippen LogP contribution in [0.5, 0.6) is 11.5 Å². The fourth-order valence-electron chi connectivity index (χ4n) is 4.18. The summed E-state index contributed by atoms with van der Waals surface area (Å²) >= 11 is 6.12. The van der Waals surface area contributed by atoms with Gasteiger partial charge in [0.2, 0.25) is 0 Å². The average Bonchev–Trinajstić information content (AvgIpc) is 3.25.